The fourth-order valence-corrected chi connectivity index (χ4v) is 4.99. The number of nitrogens with one attached hydrogen (secondary N) is 1. The Bertz CT molecular complexity index is 945. The Morgan fingerprint density at radius 2 is 2.00 bits per heavy atom. The number of anilines is 1. The Morgan fingerprint density at radius 1 is 1.18 bits per heavy atom. The topological polar surface area (TPSA) is 45.5 Å². The Kier molecular flexibility index (Phi) is 5.85. The van der Waals surface area contributed by atoms with Gasteiger partial charge in [-0.2, -0.15) is 0 Å². The lowest BCUT2D eigenvalue weighted by Gasteiger charge is -2.35. The van der Waals surface area contributed by atoms with Crippen LogP contribution < -0.4 is 5.32 Å². The van der Waals surface area contributed by atoms with Gasteiger partial charge < -0.3 is 9.73 Å². The van der Waals surface area contributed by atoms with E-state index in [1.165, 1.54) is 25.5 Å². The van der Waals surface area contributed by atoms with Crippen molar-refractivity contribution in [1.29, 1.82) is 0 Å². The molecular weight excluding hydrogens is 392 g/mol. The van der Waals surface area contributed by atoms with Gasteiger partial charge in [0, 0.05) is 15.5 Å². The van der Waals surface area contributed by atoms with Crippen molar-refractivity contribution in [3.05, 3.63) is 75.5 Å². The number of carbonyl (C=O) groups excluding carboxylic acids is 1. The molecule has 28 heavy (non-hydrogen) atoms. The molecule has 1 N–H and O–H groups in total. The molecule has 0 spiro atoms. The minimum absolute atomic E-state index is 0.0656. The van der Waals surface area contributed by atoms with Gasteiger partial charge in [0.15, 0.2) is 5.76 Å². The lowest BCUT2D eigenvalue weighted by molar-refractivity contribution is 0.0996. The number of hydrogen-bond acceptors (Lipinski definition) is 4. The predicted octanol–water partition coefficient (Wildman–Crippen LogP) is 6.13. The molecule has 0 saturated carbocycles. The van der Waals surface area contributed by atoms with Crippen LogP contribution in [-0.4, -0.2) is 23.9 Å². The molecule has 0 bridgehead atoms. The molecule has 1 atom stereocenters. The molecule has 0 aliphatic carbocycles. The summed E-state index contributed by atoms with van der Waals surface area (Å²) in [6.45, 7) is 4.15. The van der Waals surface area contributed by atoms with Crippen LogP contribution in [0.1, 0.15) is 51.9 Å². The Balaban J connectivity index is 1.72. The molecule has 0 radical (unpaired) electrons. The zero-order chi connectivity index (χ0) is 19.5. The van der Waals surface area contributed by atoms with Gasteiger partial charge in [-0.1, -0.05) is 30.2 Å². The van der Waals surface area contributed by atoms with Crippen molar-refractivity contribution in [2.45, 2.75) is 32.2 Å². The average Bonchev–Trinajstić information content (AvgIpc) is 3.34. The quantitative estimate of drug-likeness (QED) is 0.546. The van der Waals surface area contributed by atoms with Crippen LogP contribution in [-0.2, 0) is 0 Å². The average molecular weight is 415 g/mol. The summed E-state index contributed by atoms with van der Waals surface area (Å²) in [7, 11) is 0. The first kappa shape index (κ1) is 19.2. The van der Waals surface area contributed by atoms with Gasteiger partial charge in [-0.25, -0.2) is 0 Å². The fraction of sp³-hybridized carbons (Fsp3) is 0.318. The van der Waals surface area contributed by atoms with Gasteiger partial charge in [0.25, 0.3) is 5.91 Å². The lowest BCUT2D eigenvalue weighted by Crippen LogP contribution is -2.34. The van der Waals surface area contributed by atoms with Gasteiger partial charge in [-0.15, -0.1) is 11.3 Å². The zero-order valence-electron chi connectivity index (χ0n) is 15.8. The van der Waals surface area contributed by atoms with E-state index in [1.807, 2.05) is 18.2 Å². The molecule has 0 unspecified atom stereocenters. The lowest BCUT2D eigenvalue weighted by atomic mass is 9.96. The van der Waals surface area contributed by atoms with Crippen molar-refractivity contribution in [3.63, 3.8) is 0 Å². The number of piperidine rings is 1. The first-order valence-corrected chi connectivity index (χ1v) is 10.8. The normalized spacial score (nSPS) is 16.1. The van der Waals surface area contributed by atoms with Crippen molar-refractivity contribution >= 4 is 33.8 Å². The summed E-state index contributed by atoms with van der Waals surface area (Å²) in [5.74, 6) is 0.0888. The molecule has 1 aromatic carbocycles. The minimum Gasteiger partial charge on any atom is -0.459 e. The number of likely N-dealkylation sites (tertiary alicyclic amines) is 1. The van der Waals surface area contributed by atoms with Gasteiger partial charge in [-0.05, 0) is 68.8 Å². The third-order valence-corrected chi connectivity index (χ3v) is 6.29. The Labute approximate surface area is 174 Å². The number of halogens is 1. The molecule has 4 rings (SSSR count). The molecule has 4 nitrogen and oxygen atoms in total. The molecule has 3 heterocycles. The van der Waals surface area contributed by atoms with Crippen molar-refractivity contribution in [2.24, 2.45) is 0 Å². The summed E-state index contributed by atoms with van der Waals surface area (Å²) < 4.78 is 5.26. The molecule has 6 heteroatoms. The number of amides is 1. The molecule has 146 valence electrons. The van der Waals surface area contributed by atoms with Crippen LogP contribution in [0.5, 0.6) is 0 Å². The zero-order valence-corrected chi connectivity index (χ0v) is 17.4. The highest BCUT2D eigenvalue weighted by atomic mass is 35.5. The van der Waals surface area contributed by atoms with Crippen LogP contribution in [0.4, 0.5) is 5.00 Å². The smallest absolute Gasteiger partial charge is 0.291 e. The highest BCUT2D eigenvalue weighted by Crippen LogP contribution is 2.40. The summed E-state index contributed by atoms with van der Waals surface area (Å²) >= 11 is 7.91. The van der Waals surface area contributed by atoms with E-state index in [4.69, 9.17) is 16.0 Å². The third-order valence-electron chi connectivity index (χ3n) is 5.07. The van der Waals surface area contributed by atoms with Gasteiger partial charge in [0.05, 0.1) is 12.3 Å². The number of aryl methyl sites for hydroxylation is 1. The Morgan fingerprint density at radius 3 is 2.71 bits per heavy atom. The maximum Gasteiger partial charge on any atom is 0.291 e. The van der Waals surface area contributed by atoms with Crippen molar-refractivity contribution in [1.82, 2.24) is 4.90 Å². The summed E-state index contributed by atoms with van der Waals surface area (Å²) in [5, 5.41) is 4.66. The van der Waals surface area contributed by atoms with Crippen LogP contribution >= 0.6 is 22.9 Å². The number of nitrogens with zero attached hydrogens (tertiary/aromatic N) is 1. The largest absolute Gasteiger partial charge is 0.459 e. The van der Waals surface area contributed by atoms with Crippen LogP contribution in [0, 0.1) is 6.92 Å². The van der Waals surface area contributed by atoms with Crippen LogP contribution in [0.3, 0.4) is 0 Å². The van der Waals surface area contributed by atoms with E-state index in [1.54, 1.807) is 23.5 Å². The number of hydrogen-bond donors (Lipinski definition) is 1. The number of furan rings is 1. The van der Waals surface area contributed by atoms with E-state index in [0.29, 0.717) is 5.76 Å². The highest BCUT2D eigenvalue weighted by molar-refractivity contribution is 7.16. The summed E-state index contributed by atoms with van der Waals surface area (Å²) in [6.07, 6.45) is 5.16. The molecule has 3 aromatic rings. The second-order valence-electron chi connectivity index (χ2n) is 7.13. The monoisotopic (exact) mass is 414 g/mol. The molecule has 1 aliphatic rings. The van der Waals surface area contributed by atoms with E-state index >= 15 is 0 Å². The molecule has 1 saturated heterocycles. The molecule has 2 aromatic heterocycles. The van der Waals surface area contributed by atoms with E-state index in [-0.39, 0.29) is 11.9 Å². The van der Waals surface area contributed by atoms with Crippen LogP contribution in [0.2, 0.25) is 5.02 Å². The van der Waals surface area contributed by atoms with Crippen molar-refractivity contribution < 1.29 is 9.21 Å². The standard InChI is InChI=1S/C22H23ClN2O2S/c1-15-13-18(22(28-15)24-21(26)19-9-6-12-27-19)20(25-10-3-2-4-11-25)16-7-5-8-17(23)14-16/h5-9,12-14,20H,2-4,10-11H2,1H3,(H,24,26)/t20-/m1/s1. The van der Waals surface area contributed by atoms with Crippen LogP contribution in [0.15, 0.2) is 53.1 Å². The summed E-state index contributed by atoms with van der Waals surface area (Å²) in [5.41, 5.74) is 2.27. The van der Waals surface area contributed by atoms with Gasteiger partial charge in [0.2, 0.25) is 0 Å². The summed E-state index contributed by atoms with van der Waals surface area (Å²) in [6, 6.07) is 13.7. The molecule has 1 aliphatic heterocycles. The van der Waals surface area contributed by atoms with E-state index < -0.39 is 0 Å². The highest BCUT2D eigenvalue weighted by Gasteiger charge is 2.28. The molecular formula is C22H23ClN2O2S. The summed E-state index contributed by atoms with van der Waals surface area (Å²) in [4.78, 5) is 16.3. The predicted molar refractivity (Wildman–Crippen MR) is 114 cm³/mol. The Hall–Kier alpha value is -2.08. The van der Waals surface area contributed by atoms with Crippen LogP contribution in [0.25, 0.3) is 0 Å². The fourth-order valence-electron chi connectivity index (χ4n) is 3.85. The SMILES string of the molecule is Cc1cc([C@@H](c2cccc(Cl)c2)N2CCCCC2)c(NC(=O)c2ccco2)s1. The number of carbonyl (C=O) groups is 1. The van der Waals surface area contributed by atoms with Crippen molar-refractivity contribution in [3.8, 4) is 0 Å². The van der Waals surface area contributed by atoms with E-state index in [2.05, 4.69) is 29.3 Å². The first-order valence-electron chi connectivity index (χ1n) is 9.56. The van der Waals surface area contributed by atoms with E-state index in [9.17, 15) is 4.79 Å². The molecule has 1 amide bonds. The second kappa shape index (κ2) is 8.52. The maximum atomic E-state index is 12.6. The molecule has 1 fully saturated rings. The minimum atomic E-state index is -0.225. The van der Waals surface area contributed by atoms with Gasteiger partial charge >= 0.3 is 0 Å². The number of thiophene rings is 1. The van der Waals surface area contributed by atoms with Gasteiger partial charge in [0.1, 0.15) is 5.00 Å². The van der Waals surface area contributed by atoms with Crippen molar-refractivity contribution in [2.75, 3.05) is 18.4 Å². The van der Waals surface area contributed by atoms with E-state index in [0.717, 1.165) is 39.1 Å². The first-order chi connectivity index (χ1) is 13.6. The number of rotatable bonds is 5. The maximum absolute atomic E-state index is 12.6. The number of benzene rings is 1. The second-order valence-corrected chi connectivity index (χ2v) is 8.82. The van der Waals surface area contributed by atoms with Gasteiger partial charge in [-0.3, -0.25) is 9.69 Å². The third kappa shape index (κ3) is 4.17.